The number of hydrogen-bond donors (Lipinski definition) is 1. The Labute approximate surface area is 142 Å². The van der Waals surface area contributed by atoms with Gasteiger partial charge in [-0.15, -0.1) is 0 Å². The first-order chi connectivity index (χ1) is 11.2. The summed E-state index contributed by atoms with van der Waals surface area (Å²) in [6.45, 7) is 8.16. The maximum absolute atomic E-state index is 6.34. The standard InChI is InChI=1S/C17H24ClN5/c1-2-6-22-7-3-17(4-8-22)5-9-23(11-17)16-14-13(18)10-19-15(14)20-12-21-16/h10,12H,2-9,11H2,1H3,(H,19,20,21). The van der Waals surface area contributed by atoms with E-state index >= 15 is 0 Å². The molecule has 0 bridgehead atoms. The highest BCUT2D eigenvalue weighted by atomic mass is 35.5. The highest BCUT2D eigenvalue weighted by Gasteiger charge is 2.41. The van der Waals surface area contributed by atoms with Crippen molar-refractivity contribution in [2.45, 2.75) is 32.6 Å². The monoisotopic (exact) mass is 333 g/mol. The minimum absolute atomic E-state index is 0.463. The average Bonchev–Trinajstić information content (AvgIpc) is 3.15. The van der Waals surface area contributed by atoms with Gasteiger partial charge in [-0.05, 0) is 50.7 Å². The smallest absolute Gasteiger partial charge is 0.144 e. The topological polar surface area (TPSA) is 48.1 Å². The molecule has 4 rings (SSSR count). The van der Waals surface area contributed by atoms with E-state index in [1.807, 2.05) is 0 Å². The highest BCUT2D eigenvalue weighted by Crippen LogP contribution is 2.43. The molecule has 0 aromatic carbocycles. The van der Waals surface area contributed by atoms with Crippen LogP contribution in [0.4, 0.5) is 5.82 Å². The molecule has 1 N–H and O–H groups in total. The minimum Gasteiger partial charge on any atom is -0.355 e. The summed E-state index contributed by atoms with van der Waals surface area (Å²) in [7, 11) is 0. The molecule has 1 spiro atoms. The summed E-state index contributed by atoms with van der Waals surface area (Å²) in [5.74, 6) is 0.995. The summed E-state index contributed by atoms with van der Waals surface area (Å²) in [6, 6.07) is 0. The molecule has 0 atom stereocenters. The molecule has 0 amide bonds. The lowest BCUT2D eigenvalue weighted by molar-refractivity contribution is 0.120. The van der Waals surface area contributed by atoms with Gasteiger partial charge < -0.3 is 14.8 Å². The van der Waals surface area contributed by atoms with Crippen LogP contribution in [0.5, 0.6) is 0 Å². The second kappa shape index (κ2) is 5.95. The van der Waals surface area contributed by atoms with E-state index < -0.39 is 0 Å². The molecule has 2 saturated heterocycles. The fraction of sp³-hybridized carbons (Fsp3) is 0.647. The van der Waals surface area contributed by atoms with E-state index in [9.17, 15) is 0 Å². The molecule has 124 valence electrons. The lowest BCUT2D eigenvalue weighted by Crippen LogP contribution is -2.41. The number of nitrogens with zero attached hydrogens (tertiary/aromatic N) is 4. The lowest BCUT2D eigenvalue weighted by Gasteiger charge is -2.39. The van der Waals surface area contributed by atoms with E-state index in [2.05, 4.69) is 31.7 Å². The van der Waals surface area contributed by atoms with E-state index in [1.54, 1.807) is 12.5 Å². The van der Waals surface area contributed by atoms with Gasteiger partial charge in [0, 0.05) is 19.3 Å². The van der Waals surface area contributed by atoms with Crippen molar-refractivity contribution in [2.75, 3.05) is 37.6 Å². The molecule has 23 heavy (non-hydrogen) atoms. The third-order valence-corrected chi connectivity index (χ3v) is 5.89. The Morgan fingerprint density at radius 3 is 2.78 bits per heavy atom. The number of fused-ring (bicyclic) bond motifs is 1. The van der Waals surface area contributed by atoms with Gasteiger partial charge >= 0.3 is 0 Å². The van der Waals surface area contributed by atoms with Gasteiger partial charge in [-0.2, -0.15) is 0 Å². The summed E-state index contributed by atoms with van der Waals surface area (Å²) in [4.78, 5) is 17.0. The number of likely N-dealkylation sites (tertiary alicyclic amines) is 1. The Bertz CT molecular complexity index is 689. The maximum atomic E-state index is 6.34. The summed E-state index contributed by atoms with van der Waals surface area (Å²) in [6.07, 6.45) is 8.57. The van der Waals surface area contributed by atoms with Crippen molar-refractivity contribution in [3.63, 3.8) is 0 Å². The molecular formula is C17H24ClN5. The quantitative estimate of drug-likeness (QED) is 0.936. The average molecular weight is 334 g/mol. The zero-order valence-electron chi connectivity index (χ0n) is 13.7. The van der Waals surface area contributed by atoms with Crippen LogP contribution in [0.3, 0.4) is 0 Å². The molecule has 2 aliphatic rings. The Balaban J connectivity index is 1.53. The van der Waals surface area contributed by atoms with Gasteiger partial charge in [0.2, 0.25) is 0 Å². The summed E-state index contributed by atoms with van der Waals surface area (Å²) < 4.78 is 0. The molecule has 2 fully saturated rings. The highest BCUT2D eigenvalue weighted by molar-refractivity contribution is 6.36. The summed E-state index contributed by atoms with van der Waals surface area (Å²) in [5.41, 5.74) is 1.29. The van der Waals surface area contributed by atoms with Gasteiger partial charge in [0.15, 0.2) is 0 Å². The molecule has 0 saturated carbocycles. The number of nitrogens with one attached hydrogen (secondary N) is 1. The predicted molar refractivity (Wildman–Crippen MR) is 94.1 cm³/mol. The largest absolute Gasteiger partial charge is 0.355 e. The Morgan fingerprint density at radius 2 is 2.00 bits per heavy atom. The molecule has 5 nitrogen and oxygen atoms in total. The molecule has 0 radical (unpaired) electrons. The zero-order chi connectivity index (χ0) is 15.9. The molecule has 0 aliphatic carbocycles. The number of H-pyrrole nitrogens is 1. The van der Waals surface area contributed by atoms with Crippen LogP contribution in [0.15, 0.2) is 12.5 Å². The van der Waals surface area contributed by atoms with Crippen LogP contribution in [0, 0.1) is 5.41 Å². The van der Waals surface area contributed by atoms with Crippen LogP contribution < -0.4 is 4.90 Å². The van der Waals surface area contributed by atoms with Crippen molar-refractivity contribution in [2.24, 2.45) is 5.41 Å². The first kappa shape index (κ1) is 15.2. The Kier molecular flexibility index (Phi) is 3.93. The molecular weight excluding hydrogens is 310 g/mol. The van der Waals surface area contributed by atoms with Gasteiger partial charge in [0.1, 0.15) is 17.8 Å². The van der Waals surface area contributed by atoms with Crippen LogP contribution in [0.2, 0.25) is 5.02 Å². The third kappa shape index (κ3) is 2.70. The number of anilines is 1. The van der Waals surface area contributed by atoms with Crippen LogP contribution >= 0.6 is 11.6 Å². The van der Waals surface area contributed by atoms with Crippen molar-refractivity contribution in [1.29, 1.82) is 0 Å². The van der Waals surface area contributed by atoms with Crippen LogP contribution in [0.1, 0.15) is 32.6 Å². The van der Waals surface area contributed by atoms with Gasteiger partial charge in [-0.3, -0.25) is 0 Å². The van der Waals surface area contributed by atoms with E-state index in [0.29, 0.717) is 10.4 Å². The fourth-order valence-corrected chi connectivity index (χ4v) is 4.47. The van der Waals surface area contributed by atoms with Gasteiger partial charge in [0.25, 0.3) is 0 Å². The number of piperidine rings is 1. The minimum atomic E-state index is 0.463. The predicted octanol–water partition coefficient (Wildman–Crippen LogP) is 3.31. The summed E-state index contributed by atoms with van der Waals surface area (Å²) in [5, 5.41) is 1.68. The fourth-order valence-electron chi connectivity index (χ4n) is 4.24. The van der Waals surface area contributed by atoms with Crippen LogP contribution in [-0.4, -0.2) is 52.6 Å². The molecule has 6 heteroatoms. The van der Waals surface area contributed by atoms with Crippen molar-refractivity contribution in [1.82, 2.24) is 19.9 Å². The lowest BCUT2D eigenvalue weighted by atomic mass is 9.78. The third-order valence-electron chi connectivity index (χ3n) is 5.60. The number of halogens is 1. The first-order valence-electron chi connectivity index (χ1n) is 8.66. The molecule has 0 unspecified atom stereocenters. The Morgan fingerprint density at radius 1 is 1.22 bits per heavy atom. The molecule has 2 aromatic rings. The van der Waals surface area contributed by atoms with Crippen molar-refractivity contribution in [3.8, 4) is 0 Å². The molecule has 4 heterocycles. The zero-order valence-corrected chi connectivity index (χ0v) is 14.4. The van der Waals surface area contributed by atoms with E-state index in [4.69, 9.17) is 11.6 Å². The maximum Gasteiger partial charge on any atom is 0.144 e. The van der Waals surface area contributed by atoms with Gasteiger partial charge in [-0.25, -0.2) is 9.97 Å². The SMILES string of the molecule is CCCN1CCC2(CC1)CCN(c1ncnc3[nH]cc(Cl)c13)C2. The van der Waals surface area contributed by atoms with E-state index in [1.165, 1.54) is 45.3 Å². The van der Waals surface area contributed by atoms with Crippen molar-refractivity contribution < 1.29 is 0 Å². The number of hydrogen-bond acceptors (Lipinski definition) is 4. The Hall–Kier alpha value is -1.33. The normalized spacial score (nSPS) is 21.6. The molecule has 2 aliphatic heterocycles. The van der Waals surface area contributed by atoms with Crippen molar-refractivity contribution >= 4 is 28.5 Å². The number of aromatic amines is 1. The summed E-state index contributed by atoms with van der Waals surface area (Å²) >= 11 is 6.34. The van der Waals surface area contributed by atoms with Gasteiger partial charge in [0.05, 0.1) is 10.4 Å². The van der Waals surface area contributed by atoms with Crippen molar-refractivity contribution in [3.05, 3.63) is 17.5 Å². The van der Waals surface area contributed by atoms with Crippen LogP contribution in [-0.2, 0) is 0 Å². The second-order valence-corrected chi connectivity index (χ2v) is 7.48. The first-order valence-corrected chi connectivity index (χ1v) is 9.03. The second-order valence-electron chi connectivity index (χ2n) is 7.07. The van der Waals surface area contributed by atoms with E-state index in [0.717, 1.165) is 29.9 Å². The van der Waals surface area contributed by atoms with Gasteiger partial charge in [-0.1, -0.05) is 18.5 Å². The van der Waals surface area contributed by atoms with Crippen LogP contribution in [0.25, 0.3) is 11.0 Å². The number of rotatable bonds is 3. The van der Waals surface area contributed by atoms with E-state index in [-0.39, 0.29) is 0 Å². The molecule has 2 aromatic heterocycles. The number of aromatic nitrogens is 3.